The van der Waals surface area contributed by atoms with Gasteiger partial charge in [-0.05, 0) is 49.6 Å². The second kappa shape index (κ2) is 5.77. The Bertz CT molecular complexity index is 462. The molecule has 0 bridgehead atoms. The third kappa shape index (κ3) is 2.72. The Labute approximate surface area is 119 Å². The molecule has 0 aliphatic carbocycles. The van der Waals surface area contributed by atoms with Crippen LogP contribution >= 0.6 is 0 Å². The fraction of sp³-hybridized carbons (Fsp3) is 0.600. The number of rotatable bonds is 3. The van der Waals surface area contributed by atoms with E-state index in [4.69, 9.17) is 10.6 Å². The summed E-state index contributed by atoms with van der Waals surface area (Å²) in [5.74, 6) is 5.48. The smallest absolute Gasteiger partial charge is 0.123 e. The van der Waals surface area contributed by atoms with Gasteiger partial charge in [-0.2, -0.15) is 0 Å². The second-order valence-electron chi connectivity index (χ2n) is 5.87. The number of fused-ring (bicyclic) bond motifs is 1. The van der Waals surface area contributed by atoms with Crippen molar-refractivity contribution in [3.63, 3.8) is 0 Å². The maximum atomic E-state index is 13.6. The highest BCUT2D eigenvalue weighted by atomic mass is 19.1. The zero-order chi connectivity index (χ0) is 14.1. The first-order chi connectivity index (χ1) is 9.67. The fourth-order valence-corrected chi connectivity index (χ4v) is 3.41. The molecule has 1 aromatic carbocycles. The van der Waals surface area contributed by atoms with Crippen molar-refractivity contribution in [1.29, 1.82) is 0 Å². The molecular formula is C15H22FN3O. The van der Waals surface area contributed by atoms with Crippen molar-refractivity contribution in [2.75, 3.05) is 19.7 Å². The van der Waals surface area contributed by atoms with Crippen LogP contribution in [-0.4, -0.2) is 36.7 Å². The summed E-state index contributed by atoms with van der Waals surface area (Å²) in [4.78, 5) is 2.46. The Morgan fingerprint density at radius 1 is 1.45 bits per heavy atom. The number of benzene rings is 1. The molecule has 3 N–H and O–H groups in total. The van der Waals surface area contributed by atoms with Crippen LogP contribution in [0.1, 0.15) is 30.0 Å². The van der Waals surface area contributed by atoms with Crippen molar-refractivity contribution >= 4 is 0 Å². The number of hydrazine groups is 1. The summed E-state index contributed by atoms with van der Waals surface area (Å²) < 4.78 is 19.6. The SMILES string of the molecule is Cc1cc(F)cc(C(NN)C2CN3CCCC3CO2)c1. The average Bonchev–Trinajstić information content (AvgIpc) is 2.86. The zero-order valence-electron chi connectivity index (χ0n) is 11.8. The minimum atomic E-state index is -0.227. The number of morpholine rings is 1. The monoisotopic (exact) mass is 279 g/mol. The van der Waals surface area contributed by atoms with Gasteiger partial charge < -0.3 is 4.74 Å². The predicted molar refractivity (Wildman–Crippen MR) is 75.5 cm³/mol. The molecule has 0 spiro atoms. The van der Waals surface area contributed by atoms with Crippen molar-refractivity contribution < 1.29 is 9.13 Å². The van der Waals surface area contributed by atoms with Gasteiger partial charge in [0.05, 0.1) is 18.8 Å². The summed E-state index contributed by atoms with van der Waals surface area (Å²) in [6, 6.07) is 5.41. The number of hydrogen-bond donors (Lipinski definition) is 2. The van der Waals surface area contributed by atoms with E-state index in [0.29, 0.717) is 6.04 Å². The Balaban J connectivity index is 1.79. The molecule has 5 heteroatoms. The topological polar surface area (TPSA) is 50.5 Å². The number of hydrogen-bond acceptors (Lipinski definition) is 4. The van der Waals surface area contributed by atoms with Crippen molar-refractivity contribution in [3.05, 3.63) is 35.1 Å². The van der Waals surface area contributed by atoms with Crippen LogP contribution in [0.15, 0.2) is 18.2 Å². The third-order valence-corrected chi connectivity index (χ3v) is 4.39. The van der Waals surface area contributed by atoms with E-state index in [1.165, 1.54) is 25.0 Å². The van der Waals surface area contributed by atoms with Gasteiger partial charge in [0.2, 0.25) is 0 Å². The molecule has 1 aromatic rings. The highest BCUT2D eigenvalue weighted by Crippen LogP contribution is 2.29. The van der Waals surface area contributed by atoms with Crippen LogP contribution in [0.4, 0.5) is 4.39 Å². The molecule has 4 nitrogen and oxygen atoms in total. The van der Waals surface area contributed by atoms with Gasteiger partial charge in [0.15, 0.2) is 0 Å². The normalized spacial score (nSPS) is 28.4. The van der Waals surface area contributed by atoms with Gasteiger partial charge in [-0.15, -0.1) is 0 Å². The van der Waals surface area contributed by atoms with Crippen LogP contribution in [0.25, 0.3) is 0 Å². The third-order valence-electron chi connectivity index (χ3n) is 4.39. The quantitative estimate of drug-likeness (QED) is 0.650. The number of nitrogens with one attached hydrogen (secondary N) is 1. The number of halogens is 1. The van der Waals surface area contributed by atoms with E-state index in [0.717, 1.165) is 30.8 Å². The van der Waals surface area contributed by atoms with Crippen molar-refractivity contribution in [3.8, 4) is 0 Å². The Kier molecular flexibility index (Phi) is 4.03. The molecule has 3 rings (SSSR count). The van der Waals surface area contributed by atoms with Gasteiger partial charge in [-0.1, -0.05) is 6.07 Å². The maximum Gasteiger partial charge on any atom is 0.123 e. The van der Waals surface area contributed by atoms with Crippen molar-refractivity contribution in [2.45, 2.75) is 38.0 Å². The second-order valence-corrected chi connectivity index (χ2v) is 5.87. The number of ether oxygens (including phenoxy) is 1. The number of aryl methyl sites for hydroxylation is 1. The first-order valence-electron chi connectivity index (χ1n) is 7.26. The lowest BCUT2D eigenvalue weighted by Gasteiger charge is -2.38. The summed E-state index contributed by atoms with van der Waals surface area (Å²) in [5.41, 5.74) is 4.56. The van der Waals surface area contributed by atoms with E-state index >= 15 is 0 Å². The lowest BCUT2D eigenvalue weighted by Crippen LogP contribution is -2.51. The van der Waals surface area contributed by atoms with E-state index in [-0.39, 0.29) is 18.0 Å². The lowest BCUT2D eigenvalue weighted by molar-refractivity contribution is -0.0653. The summed E-state index contributed by atoms with van der Waals surface area (Å²) >= 11 is 0. The first kappa shape index (κ1) is 13.9. The molecule has 0 aromatic heterocycles. The largest absolute Gasteiger partial charge is 0.373 e. The average molecular weight is 279 g/mol. The zero-order valence-corrected chi connectivity index (χ0v) is 11.8. The molecule has 0 radical (unpaired) electrons. The van der Waals surface area contributed by atoms with Gasteiger partial charge in [0, 0.05) is 12.6 Å². The molecule has 2 fully saturated rings. The summed E-state index contributed by atoms with van der Waals surface area (Å²) in [5, 5.41) is 0. The lowest BCUT2D eigenvalue weighted by atomic mass is 9.98. The van der Waals surface area contributed by atoms with E-state index in [9.17, 15) is 4.39 Å². The minimum absolute atomic E-state index is 0.0319. The number of nitrogens with two attached hydrogens (primary N) is 1. The van der Waals surface area contributed by atoms with Crippen molar-refractivity contribution in [1.82, 2.24) is 10.3 Å². The Morgan fingerprint density at radius 2 is 2.30 bits per heavy atom. The van der Waals surface area contributed by atoms with Crippen LogP contribution in [0.3, 0.4) is 0 Å². The van der Waals surface area contributed by atoms with Gasteiger partial charge in [-0.25, -0.2) is 4.39 Å². The molecule has 0 amide bonds. The molecule has 0 saturated carbocycles. The van der Waals surface area contributed by atoms with Crippen LogP contribution in [0, 0.1) is 12.7 Å². The minimum Gasteiger partial charge on any atom is -0.373 e. The molecule has 2 heterocycles. The van der Waals surface area contributed by atoms with Crippen LogP contribution in [-0.2, 0) is 4.74 Å². The summed E-state index contributed by atoms with van der Waals surface area (Å²) in [7, 11) is 0. The highest BCUT2D eigenvalue weighted by Gasteiger charge is 2.36. The predicted octanol–water partition coefficient (Wildman–Crippen LogP) is 1.50. The highest BCUT2D eigenvalue weighted by molar-refractivity contribution is 5.27. The summed E-state index contributed by atoms with van der Waals surface area (Å²) in [6.07, 6.45) is 2.42. The molecule has 3 unspecified atom stereocenters. The van der Waals surface area contributed by atoms with Gasteiger partial charge in [0.25, 0.3) is 0 Å². The van der Waals surface area contributed by atoms with Crippen molar-refractivity contribution in [2.24, 2.45) is 5.84 Å². The van der Waals surface area contributed by atoms with E-state index in [2.05, 4.69) is 10.3 Å². The van der Waals surface area contributed by atoms with Crippen LogP contribution in [0.2, 0.25) is 0 Å². The number of nitrogens with zero attached hydrogens (tertiary/aromatic N) is 1. The van der Waals surface area contributed by atoms with Gasteiger partial charge in [0.1, 0.15) is 5.82 Å². The Morgan fingerprint density at radius 3 is 3.05 bits per heavy atom. The Hall–Kier alpha value is -1.01. The molecule has 110 valence electrons. The molecule has 20 heavy (non-hydrogen) atoms. The molecule has 2 aliphatic rings. The summed E-state index contributed by atoms with van der Waals surface area (Å²) in [6.45, 7) is 4.62. The van der Waals surface area contributed by atoms with E-state index in [1.54, 1.807) is 0 Å². The fourth-order valence-electron chi connectivity index (χ4n) is 3.41. The van der Waals surface area contributed by atoms with Crippen LogP contribution in [0.5, 0.6) is 0 Å². The molecule has 2 aliphatic heterocycles. The maximum absolute atomic E-state index is 13.6. The van der Waals surface area contributed by atoms with E-state index < -0.39 is 0 Å². The van der Waals surface area contributed by atoms with Gasteiger partial charge in [-0.3, -0.25) is 16.2 Å². The molecular weight excluding hydrogens is 257 g/mol. The molecule has 3 atom stereocenters. The standard InChI is InChI=1S/C15H22FN3O/c1-10-5-11(7-12(16)6-10)15(18-17)14-8-19-4-2-3-13(19)9-20-14/h5-7,13-15,18H,2-4,8-9,17H2,1H3. The van der Waals surface area contributed by atoms with Crippen LogP contribution < -0.4 is 11.3 Å². The molecule has 2 saturated heterocycles. The first-order valence-corrected chi connectivity index (χ1v) is 7.26. The van der Waals surface area contributed by atoms with Gasteiger partial charge >= 0.3 is 0 Å². The van der Waals surface area contributed by atoms with E-state index in [1.807, 2.05) is 13.0 Å².